The Labute approximate surface area is 88.3 Å². The van der Waals surface area contributed by atoms with Crippen molar-refractivity contribution >= 4 is 10.9 Å². The topological polar surface area (TPSA) is 38.0 Å². The lowest BCUT2D eigenvalue weighted by molar-refractivity contribution is 0.252. The molecule has 0 atom stereocenters. The van der Waals surface area contributed by atoms with Crippen molar-refractivity contribution in [1.82, 2.24) is 9.78 Å². The molecule has 78 valence electrons. The molecule has 1 aliphatic rings. The maximum Gasteiger partial charge on any atom is 0.0787 e. The molecule has 15 heavy (non-hydrogen) atoms. The predicted molar refractivity (Wildman–Crippen MR) is 58.7 cm³/mol. The van der Waals surface area contributed by atoms with Gasteiger partial charge in [-0.15, -0.1) is 0 Å². The van der Waals surface area contributed by atoms with Gasteiger partial charge in [0.25, 0.3) is 0 Å². The molecule has 0 unspecified atom stereocenters. The van der Waals surface area contributed by atoms with Crippen LogP contribution in [0.5, 0.6) is 0 Å². The van der Waals surface area contributed by atoms with E-state index in [9.17, 15) is 5.11 Å². The summed E-state index contributed by atoms with van der Waals surface area (Å²) in [6.07, 6.45) is 2.12. The monoisotopic (exact) mass is 202 g/mol. The minimum Gasteiger partial charge on any atom is -0.395 e. The van der Waals surface area contributed by atoms with Gasteiger partial charge < -0.3 is 5.11 Å². The number of aromatic nitrogens is 2. The highest BCUT2D eigenvalue weighted by atomic mass is 16.3. The maximum absolute atomic E-state index is 9.43. The fraction of sp³-hybridized carbons (Fsp3) is 0.417. The van der Waals surface area contributed by atoms with E-state index in [1.807, 2.05) is 23.9 Å². The van der Waals surface area contributed by atoms with Crippen LogP contribution in [0.25, 0.3) is 10.9 Å². The molecule has 2 aromatic rings. The first-order valence-corrected chi connectivity index (χ1v) is 5.30. The summed E-state index contributed by atoms with van der Waals surface area (Å²) in [4.78, 5) is 0. The van der Waals surface area contributed by atoms with Gasteiger partial charge in [0, 0.05) is 17.8 Å². The Morgan fingerprint density at radius 3 is 2.80 bits per heavy atom. The van der Waals surface area contributed by atoms with E-state index < -0.39 is 0 Å². The van der Waals surface area contributed by atoms with Crippen LogP contribution in [0.4, 0.5) is 0 Å². The Balaban J connectivity index is 2.28. The molecule has 0 saturated heterocycles. The molecule has 0 radical (unpaired) electrons. The third-order valence-electron chi connectivity index (χ3n) is 3.42. The van der Waals surface area contributed by atoms with E-state index in [1.165, 1.54) is 5.39 Å². The van der Waals surface area contributed by atoms with E-state index in [1.54, 1.807) is 0 Å². The zero-order chi connectivity index (χ0) is 10.5. The minimum absolute atomic E-state index is 0.0408. The van der Waals surface area contributed by atoms with Gasteiger partial charge in [-0.2, -0.15) is 5.10 Å². The van der Waals surface area contributed by atoms with Gasteiger partial charge in [-0.3, -0.25) is 4.68 Å². The number of aryl methyl sites for hydroxylation is 1. The first-order valence-electron chi connectivity index (χ1n) is 5.30. The van der Waals surface area contributed by atoms with Crippen LogP contribution in [0.3, 0.4) is 0 Å². The average Bonchev–Trinajstić information content (AvgIpc) is 3.00. The molecule has 1 saturated carbocycles. The van der Waals surface area contributed by atoms with Crippen molar-refractivity contribution in [2.75, 3.05) is 6.61 Å². The summed E-state index contributed by atoms with van der Waals surface area (Å²) in [6.45, 7) is 0.216. The van der Waals surface area contributed by atoms with Crippen LogP contribution >= 0.6 is 0 Å². The van der Waals surface area contributed by atoms with E-state index in [4.69, 9.17) is 0 Å². The molecule has 0 amide bonds. The highest BCUT2D eigenvalue weighted by Gasteiger charge is 2.46. The first kappa shape index (κ1) is 8.92. The van der Waals surface area contributed by atoms with Crippen molar-refractivity contribution in [3.05, 3.63) is 30.0 Å². The summed E-state index contributed by atoms with van der Waals surface area (Å²) in [5, 5.41) is 15.2. The Hall–Kier alpha value is -1.35. The van der Waals surface area contributed by atoms with Crippen LogP contribution in [0.1, 0.15) is 18.5 Å². The van der Waals surface area contributed by atoms with Crippen molar-refractivity contribution < 1.29 is 5.11 Å². The molecule has 0 aliphatic heterocycles. The molecule has 1 aromatic heterocycles. The van der Waals surface area contributed by atoms with Crippen molar-refractivity contribution in [3.8, 4) is 0 Å². The second kappa shape index (κ2) is 2.83. The van der Waals surface area contributed by atoms with E-state index in [2.05, 4.69) is 17.2 Å². The first-order chi connectivity index (χ1) is 7.27. The third-order valence-corrected chi connectivity index (χ3v) is 3.42. The number of benzene rings is 1. The SMILES string of the molecule is Cn1nc(C2(CO)CC2)c2ccccc21. The lowest BCUT2D eigenvalue weighted by Gasteiger charge is -2.07. The molecular weight excluding hydrogens is 188 g/mol. The van der Waals surface area contributed by atoms with Gasteiger partial charge in [-0.05, 0) is 18.9 Å². The van der Waals surface area contributed by atoms with E-state index in [0.717, 1.165) is 24.1 Å². The Morgan fingerprint density at radius 1 is 1.40 bits per heavy atom. The highest BCUT2D eigenvalue weighted by Crippen LogP contribution is 2.49. The van der Waals surface area contributed by atoms with Crippen molar-refractivity contribution in [1.29, 1.82) is 0 Å². The fourth-order valence-corrected chi connectivity index (χ4v) is 2.23. The van der Waals surface area contributed by atoms with E-state index in [0.29, 0.717) is 0 Å². The molecule has 1 aliphatic carbocycles. The molecule has 1 heterocycles. The fourth-order valence-electron chi connectivity index (χ4n) is 2.23. The highest BCUT2D eigenvalue weighted by molar-refractivity contribution is 5.83. The molecule has 1 N–H and O–H groups in total. The number of aliphatic hydroxyl groups is 1. The van der Waals surface area contributed by atoms with Crippen LogP contribution in [-0.2, 0) is 12.5 Å². The number of aliphatic hydroxyl groups excluding tert-OH is 1. The zero-order valence-electron chi connectivity index (χ0n) is 8.77. The Bertz CT molecular complexity index is 511. The summed E-state index contributed by atoms with van der Waals surface area (Å²) in [7, 11) is 1.96. The number of hydrogen-bond donors (Lipinski definition) is 1. The molecule has 1 aromatic carbocycles. The van der Waals surface area contributed by atoms with Gasteiger partial charge in [0.15, 0.2) is 0 Å². The van der Waals surface area contributed by atoms with Crippen LogP contribution in [0.15, 0.2) is 24.3 Å². The Morgan fingerprint density at radius 2 is 2.13 bits per heavy atom. The summed E-state index contributed by atoms with van der Waals surface area (Å²) in [6, 6.07) is 8.21. The summed E-state index contributed by atoms with van der Waals surface area (Å²) < 4.78 is 1.90. The summed E-state index contributed by atoms with van der Waals surface area (Å²) in [5.41, 5.74) is 2.18. The van der Waals surface area contributed by atoms with Gasteiger partial charge >= 0.3 is 0 Å². The lowest BCUT2D eigenvalue weighted by atomic mass is 10.0. The van der Waals surface area contributed by atoms with E-state index in [-0.39, 0.29) is 12.0 Å². The zero-order valence-corrected chi connectivity index (χ0v) is 8.77. The van der Waals surface area contributed by atoms with Crippen molar-refractivity contribution in [3.63, 3.8) is 0 Å². The molecule has 3 rings (SSSR count). The van der Waals surface area contributed by atoms with Gasteiger partial charge in [-0.1, -0.05) is 18.2 Å². The molecule has 1 fully saturated rings. The smallest absolute Gasteiger partial charge is 0.0787 e. The predicted octanol–water partition coefficient (Wildman–Crippen LogP) is 1.60. The number of para-hydroxylation sites is 1. The largest absolute Gasteiger partial charge is 0.395 e. The maximum atomic E-state index is 9.43. The second-order valence-electron chi connectivity index (χ2n) is 4.43. The third kappa shape index (κ3) is 1.13. The van der Waals surface area contributed by atoms with Crippen LogP contribution < -0.4 is 0 Å². The number of rotatable bonds is 2. The van der Waals surface area contributed by atoms with Crippen LogP contribution in [0, 0.1) is 0 Å². The van der Waals surface area contributed by atoms with Crippen LogP contribution in [0.2, 0.25) is 0 Å². The molecular formula is C12H14N2O. The molecule has 3 nitrogen and oxygen atoms in total. The minimum atomic E-state index is -0.0408. The van der Waals surface area contributed by atoms with Crippen molar-refractivity contribution in [2.45, 2.75) is 18.3 Å². The van der Waals surface area contributed by atoms with E-state index >= 15 is 0 Å². The van der Waals surface area contributed by atoms with Crippen LogP contribution in [-0.4, -0.2) is 21.5 Å². The Kier molecular flexibility index (Phi) is 1.68. The summed E-state index contributed by atoms with van der Waals surface area (Å²) >= 11 is 0. The average molecular weight is 202 g/mol. The number of nitrogens with zero attached hydrogens (tertiary/aromatic N) is 2. The van der Waals surface area contributed by atoms with Gasteiger partial charge in [0.1, 0.15) is 0 Å². The van der Waals surface area contributed by atoms with Crippen molar-refractivity contribution in [2.24, 2.45) is 7.05 Å². The normalized spacial score (nSPS) is 18.3. The molecule has 3 heteroatoms. The summed E-state index contributed by atoms with van der Waals surface area (Å²) in [5.74, 6) is 0. The number of hydrogen-bond acceptors (Lipinski definition) is 2. The van der Waals surface area contributed by atoms with Gasteiger partial charge in [0.05, 0.1) is 17.8 Å². The van der Waals surface area contributed by atoms with Gasteiger partial charge in [0.2, 0.25) is 0 Å². The second-order valence-corrected chi connectivity index (χ2v) is 4.43. The lowest BCUT2D eigenvalue weighted by Crippen LogP contribution is -2.13. The van der Waals surface area contributed by atoms with Gasteiger partial charge in [-0.25, -0.2) is 0 Å². The number of fused-ring (bicyclic) bond motifs is 1. The molecule has 0 bridgehead atoms. The standard InChI is InChI=1S/C12H14N2O/c1-14-10-5-3-2-4-9(10)11(13-14)12(8-15)6-7-12/h2-5,15H,6-8H2,1H3. The molecule has 0 spiro atoms. The quantitative estimate of drug-likeness (QED) is 0.803.